The van der Waals surface area contributed by atoms with Gasteiger partial charge in [0.15, 0.2) is 0 Å². The molecular formula is C20H23Cl2NO2. The molecule has 3 nitrogen and oxygen atoms in total. The second kappa shape index (κ2) is 11.0. The molecule has 0 saturated heterocycles. The largest absolute Gasteiger partial charge is 0.494 e. The summed E-state index contributed by atoms with van der Waals surface area (Å²) in [5.41, 5.74) is 0.786. The standard InChI is InChI=1S/C20H23Cl2NO2/c21-16-7-11-18(12-8-16)23-20(24)6-4-2-1-3-5-15-25-19-13-9-17(22)10-14-19/h7-14H,1-6,15H2,(H,23,24). The summed E-state index contributed by atoms with van der Waals surface area (Å²) in [5, 5.41) is 4.26. The van der Waals surface area contributed by atoms with Crippen LogP contribution >= 0.6 is 23.2 Å². The van der Waals surface area contributed by atoms with Crippen molar-refractivity contribution in [1.29, 1.82) is 0 Å². The van der Waals surface area contributed by atoms with Gasteiger partial charge in [-0.2, -0.15) is 0 Å². The molecule has 0 aliphatic rings. The molecule has 0 spiro atoms. The molecule has 0 unspecified atom stereocenters. The zero-order valence-electron chi connectivity index (χ0n) is 14.1. The molecular weight excluding hydrogens is 357 g/mol. The minimum Gasteiger partial charge on any atom is -0.494 e. The Balaban J connectivity index is 1.47. The van der Waals surface area contributed by atoms with Crippen LogP contribution in [-0.2, 0) is 4.79 Å². The van der Waals surface area contributed by atoms with E-state index in [9.17, 15) is 4.79 Å². The lowest BCUT2D eigenvalue weighted by Gasteiger charge is -2.07. The Morgan fingerprint density at radius 2 is 1.36 bits per heavy atom. The van der Waals surface area contributed by atoms with Crippen LogP contribution in [0.25, 0.3) is 0 Å². The lowest BCUT2D eigenvalue weighted by Crippen LogP contribution is -2.10. The number of benzene rings is 2. The van der Waals surface area contributed by atoms with Crippen LogP contribution in [0.2, 0.25) is 10.0 Å². The Labute approximate surface area is 159 Å². The number of ether oxygens (including phenoxy) is 1. The van der Waals surface area contributed by atoms with Gasteiger partial charge < -0.3 is 10.1 Å². The number of rotatable bonds is 10. The van der Waals surface area contributed by atoms with E-state index in [2.05, 4.69) is 5.32 Å². The van der Waals surface area contributed by atoms with Gasteiger partial charge in [-0.15, -0.1) is 0 Å². The third kappa shape index (κ3) is 8.28. The first-order valence-corrected chi connectivity index (χ1v) is 9.33. The van der Waals surface area contributed by atoms with E-state index in [0.29, 0.717) is 23.1 Å². The van der Waals surface area contributed by atoms with Crippen molar-refractivity contribution in [3.05, 3.63) is 58.6 Å². The summed E-state index contributed by atoms with van der Waals surface area (Å²) in [6.45, 7) is 0.707. The maximum absolute atomic E-state index is 11.8. The van der Waals surface area contributed by atoms with E-state index in [0.717, 1.165) is 43.5 Å². The highest BCUT2D eigenvalue weighted by Crippen LogP contribution is 2.16. The Morgan fingerprint density at radius 3 is 2.04 bits per heavy atom. The summed E-state index contributed by atoms with van der Waals surface area (Å²) < 4.78 is 5.65. The molecule has 0 atom stereocenters. The minimum absolute atomic E-state index is 0.0494. The molecule has 0 bridgehead atoms. The SMILES string of the molecule is O=C(CCCCCCCOc1ccc(Cl)cc1)Nc1ccc(Cl)cc1. The van der Waals surface area contributed by atoms with Gasteiger partial charge in [-0.3, -0.25) is 4.79 Å². The summed E-state index contributed by atoms with van der Waals surface area (Å²) in [7, 11) is 0. The Hall–Kier alpha value is -1.71. The summed E-state index contributed by atoms with van der Waals surface area (Å²) in [4.78, 5) is 11.8. The van der Waals surface area contributed by atoms with E-state index in [1.807, 2.05) is 24.3 Å². The van der Waals surface area contributed by atoms with Crippen molar-refractivity contribution in [3.63, 3.8) is 0 Å². The van der Waals surface area contributed by atoms with E-state index in [-0.39, 0.29) is 5.91 Å². The first-order valence-electron chi connectivity index (χ1n) is 8.57. The average Bonchev–Trinajstić information content (AvgIpc) is 2.61. The van der Waals surface area contributed by atoms with Crippen molar-refractivity contribution in [2.24, 2.45) is 0 Å². The molecule has 2 aromatic carbocycles. The fraction of sp³-hybridized carbons (Fsp3) is 0.350. The van der Waals surface area contributed by atoms with Gasteiger partial charge >= 0.3 is 0 Å². The molecule has 25 heavy (non-hydrogen) atoms. The molecule has 0 heterocycles. The van der Waals surface area contributed by atoms with E-state index >= 15 is 0 Å². The van der Waals surface area contributed by atoms with Crippen molar-refractivity contribution in [2.75, 3.05) is 11.9 Å². The third-order valence-electron chi connectivity index (χ3n) is 3.76. The molecule has 0 aromatic heterocycles. The highest BCUT2D eigenvalue weighted by molar-refractivity contribution is 6.30. The van der Waals surface area contributed by atoms with Gasteiger partial charge in [0.05, 0.1) is 6.61 Å². The van der Waals surface area contributed by atoms with Crippen LogP contribution < -0.4 is 10.1 Å². The number of anilines is 1. The van der Waals surface area contributed by atoms with Crippen molar-refractivity contribution in [3.8, 4) is 5.75 Å². The lowest BCUT2D eigenvalue weighted by molar-refractivity contribution is -0.116. The van der Waals surface area contributed by atoms with Crippen LogP contribution in [0.15, 0.2) is 48.5 Å². The van der Waals surface area contributed by atoms with E-state index in [1.165, 1.54) is 0 Å². The Kier molecular flexibility index (Phi) is 8.64. The van der Waals surface area contributed by atoms with Gasteiger partial charge in [0.25, 0.3) is 0 Å². The van der Waals surface area contributed by atoms with Gasteiger partial charge in [-0.05, 0) is 61.4 Å². The van der Waals surface area contributed by atoms with Gasteiger partial charge in [-0.25, -0.2) is 0 Å². The zero-order chi connectivity index (χ0) is 17.9. The number of halogens is 2. The molecule has 5 heteroatoms. The van der Waals surface area contributed by atoms with Crippen LogP contribution in [0.5, 0.6) is 5.75 Å². The molecule has 0 saturated carbocycles. The molecule has 0 aliphatic heterocycles. The smallest absolute Gasteiger partial charge is 0.224 e. The van der Waals surface area contributed by atoms with Crippen LogP contribution in [0.4, 0.5) is 5.69 Å². The molecule has 0 radical (unpaired) electrons. The zero-order valence-corrected chi connectivity index (χ0v) is 15.7. The van der Waals surface area contributed by atoms with E-state index in [1.54, 1.807) is 24.3 Å². The average molecular weight is 380 g/mol. The van der Waals surface area contributed by atoms with Crippen molar-refractivity contribution in [2.45, 2.75) is 38.5 Å². The number of amides is 1. The molecule has 2 aromatic rings. The summed E-state index contributed by atoms with van der Waals surface area (Å²) in [5.74, 6) is 0.900. The highest BCUT2D eigenvalue weighted by atomic mass is 35.5. The van der Waals surface area contributed by atoms with Crippen molar-refractivity contribution >= 4 is 34.8 Å². The van der Waals surface area contributed by atoms with E-state index in [4.69, 9.17) is 27.9 Å². The minimum atomic E-state index is 0.0494. The summed E-state index contributed by atoms with van der Waals surface area (Å²) in [6.07, 6.45) is 5.72. The summed E-state index contributed by atoms with van der Waals surface area (Å²) in [6, 6.07) is 14.6. The van der Waals surface area contributed by atoms with Gasteiger partial charge in [0.2, 0.25) is 5.91 Å². The van der Waals surface area contributed by atoms with E-state index < -0.39 is 0 Å². The molecule has 1 N–H and O–H groups in total. The first kappa shape index (κ1) is 19.6. The van der Waals surface area contributed by atoms with Gasteiger partial charge in [0, 0.05) is 22.2 Å². The normalized spacial score (nSPS) is 10.5. The number of unbranched alkanes of at least 4 members (excludes halogenated alkanes) is 4. The maximum atomic E-state index is 11.8. The lowest BCUT2D eigenvalue weighted by atomic mass is 10.1. The predicted octanol–water partition coefficient (Wildman–Crippen LogP) is 6.35. The Morgan fingerprint density at radius 1 is 0.800 bits per heavy atom. The monoisotopic (exact) mass is 379 g/mol. The van der Waals surface area contributed by atoms with Crippen LogP contribution in [0.3, 0.4) is 0 Å². The number of hydrogen-bond acceptors (Lipinski definition) is 2. The molecule has 1 amide bonds. The second-order valence-electron chi connectivity index (χ2n) is 5.88. The third-order valence-corrected chi connectivity index (χ3v) is 4.26. The first-order chi connectivity index (χ1) is 12.1. The molecule has 134 valence electrons. The van der Waals surface area contributed by atoms with Gasteiger partial charge in [0.1, 0.15) is 5.75 Å². The predicted molar refractivity (Wildman–Crippen MR) is 105 cm³/mol. The molecule has 0 aliphatic carbocycles. The van der Waals surface area contributed by atoms with Crippen LogP contribution in [-0.4, -0.2) is 12.5 Å². The summed E-state index contributed by atoms with van der Waals surface area (Å²) >= 11 is 11.6. The topological polar surface area (TPSA) is 38.3 Å². The number of carbonyl (C=O) groups excluding carboxylic acids is 1. The number of nitrogens with one attached hydrogen (secondary N) is 1. The van der Waals surface area contributed by atoms with Crippen LogP contribution in [0, 0.1) is 0 Å². The molecule has 2 rings (SSSR count). The molecule has 0 fully saturated rings. The number of carbonyl (C=O) groups is 1. The highest BCUT2D eigenvalue weighted by Gasteiger charge is 2.02. The fourth-order valence-corrected chi connectivity index (χ4v) is 2.65. The van der Waals surface area contributed by atoms with Gasteiger partial charge in [-0.1, -0.05) is 42.5 Å². The Bertz CT molecular complexity index is 642. The quantitative estimate of drug-likeness (QED) is 0.488. The second-order valence-corrected chi connectivity index (χ2v) is 6.75. The van der Waals surface area contributed by atoms with Crippen LogP contribution in [0.1, 0.15) is 38.5 Å². The fourth-order valence-electron chi connectivity index (χ4n) is 2.40. The number of hydrogen-bond donors (Lipinski definition) is 1. The van der Waals surface area contributed by atoms with Crippen molar-refractivity contribution < 1.29 is 9.53 Å². The van der Waals surface area contributed by atoms with Crippen molar-refractivity contribution in [1.82, 2.24) is 0 Å². The maximum Gasteiger partial charge on any atom is 0.224 e.